The number of nitro groups is 1. The predicted octanol–water partition coefficient (Wildman–Crippen LogP) is 2.58. The third-order valence-electron chi connectivity index (χ3n) is 3.86. The summed E-state index contributed by atoms with van der Waals surface area (Å²) in [7, 11) is 0. The second-order valence-corrected chi connectivity index (χ2v) is 5.30. The molecular formula is C15H17N3O3. The topological polar surface area (TPSA) is 77.3 Å². The highest BCUT2D eigenvalue weighted by Gasteiger charge is 2.19. The molecule has 2 heterocycles. The van der Waals surface area contributed by atoms with Crippen molar-refractivity contribution in [2.75, 3.05) is 13.2 Å². The Kier molecular flexibility index (Phi) is 3.70. The summed E-state index contributed by atoms with van der Waals surface area (Å²) in [5.41, 5.74) is 1.01. The van der Waals surface area contributed by atoms with Crippen LogP contribution in [0.2, 0.25) is 0 Å². The molecule has 1 aromatic carbocycles. The molecule has 0 spiro atoms. The van der Waals surface area contributed by atoms with E-state index in [1.54, 1.807) is 18.3 Å². The van der Waals surface area contributed by atoms with Gasteiger partial charge in [0.1, 0.15) is 6.61 Å². The largest absolute Gasteiger partial charge is 0.476 e. The lowest BCUT2D eigenvalue weighted by molar-refractivity contribution is -0.383. The van der Waals surface area contributed by atoms with E-state index in [1.807, 2.05) is 6.92 Å². The summed E-state index contributed by atoms with van der Waals surface area (Å²) < 4.78 is 5.82. The molecule has 1 aliphatic heterocycles. The first kappa shape index (κ1) is 13.8. The number of nitrogens with zero attached hydrogens (tertiary/aromatic N) is 2. The van der Waals surface area contributed by atoms with Gasteiger partial charge in [0, 0.05) is 18.3 Å². The van der Waals surface area contributed by atoms with E-state index in [1.165, 1.54) is 6.07 Å². The smallest absolute Gasteiger partial charge is 0.277 e. The Hall–Kier alpha value is -2.21. The van der Waals surface area contributed by atoms with E-state index in [2.05, 4.69) is 10.3 Å². The number of hydrogen-bond donors (Lipinski definition) is 1. The summed E-state index contributed by atoms with van der Waals surface area (Å²) >= 11 is 0. The monoisotopic (exact) mass is 287 g/mol. The molecule has 0 radical (unpaired) electrons. The molecule has 0 aliphatic carbocycles. The van der Waals surface area contributed by atoms with E-state index in [-0.39, 0.29) is 10.6 Å². The molecule has 0 saturated carbocycles. The van der Waals surface area contributed by atoms with Crippen LogP contribution in [0.5, 0.6) is 5.88 Å². The zero-order chi connectivity index (χ0) is 14.8. The molecule has 3 rings (SSSR count). The minimum Gasteiger partial charge on any atom is -0.476 e. The summed E-state index contributed by atoms with van der Waals surface area (Å²) in [6.07, 6.45) is 3.80. The molecule has 1 unspecified atom stereocenters. The van der Waals surface area contributed by atoms with Crippen molar-refractivity contribution in [2.24, 2.45) is 0 Å². The Morgan fingerprint density at radius 2 is 2.33 bits per heavy atom. The highest BCUT2D eigenvalue weighted by Crippen LogP contribution is 2.33. The summed E-state index contributed by atoms with van der Waals surface area (Å²) in [5, 5.41) is 15.8. The van der Waals surface area contributed by atoms with Gasteiger partial charge < -0.3 is 10.1 Å². The minimum absolute atomic E-state index is 0.0850. The van der Waals surface area contributed by atoms with Crippen molar-refractivity contribution in [1.29, 1.82) is 0 Å². The first-order valence-corrected chi connectivity index (χ1v) is 7.05. The maximum Gasteiger partial charge on any atom is 0.277 e. The highest BCUT2D eigenvalue weighted by molar-refractivity contribution is 5.96. The van der Waals surface area contributed by atoms with Crippen LogP contribution in [0.4, 0.5) is 5.69 Å². The Bertz CT molecular complexity index is 681. The Morgan fingerprint density at radius 3 is 3.05 bits per heavy atom. The van der Waals surface area contributed by atoms with Crippen LogP contribution >= 0.6 is 0 Å². The van der Waals surface area contributed by atoms with Crippen LogP contribution in [0.1, 0.15) is 18.4 Å². The molecule has 1 N–H and O–H groups in total. The number of hydrogen-bond acceptors (Lipinski definition) is 5. The van der Waals surface area contributed by atoms with Crippen LogP contribution < -0.4 is 10.1 Å². The number of ether oxygens (including phenoxy) is 1. The second-order valence-electron chi connectivity index (χ2n) is 5.30. The third kappa shape index (κ3) is 2.67. The molecule has 110 valence electrons. The number of aryl methyl sites for hydroxylation is 1. The number of aromatic nitrogens is 1. The second kappa shape index (κ2) is 5.65. The first-order chi connectivity index (χ1) is 10.2. The molecule has 1 aliphatic rings. The number of non-ortho nitro benzene ring substituents is 1. The fourth-order valence-corrected chi connectivity index (χ4v) is 2.76. The van der Waals surface area contributed by atoms with Gasteiger partial charge in [-0.05, 0) is 37.9 Å². The standard InChI is InChI=1S/C15H17N3O3/c1-10-4-5-13(18(19)20)12-6-8-17-15(14(10)12)21-9-11-3-2-7-16-11/h4-6,8,11,16H,2-3,7,9H2,1H3. The van der Waals surface area contributed by atoms with E-state index in [4.69, 9.17) is 4.74 Å². The number of pyridine rings is 1. The van der Waals surface area contributed by atoms with E-state index in [0.717, 1.165) is 30.3 Å². The van der Waals surface area contributed by atoms with Crippen molar-refractivity contribution in [1.82, 2.24) is 10.3 Å². The zero-order valence-electron chi connectivity index (χ0n) is 11.8. The van der Waals surface area contributed by atoms with Crippen molar-refractivity contribution in [3.05, 3.63) is 40.1 Å². The Balaban J connectivity index is 1.98. The molecule has 0 amide bonds. The number of nitrogens with one attached hydrogen (secondary N) is 1. The molecule has 1 saturated heterocycles. The fourth-order valence-electron chi connectivity index (χ4n) is 2.76. The average Bonchev–Trinajstić information content (AvgIpc) is 2.98. The summed E-state index contributed by atoms with van der Waals surface area (Å²) in [5.74, 6) is 0.474. The van der Waals surface area contributed by atoms with Gasteiger partial charge in [-0.15, -0.1) is 0 Å². The average molecular weight is 287 g/mol. The fraction of sp³-hybridized carbons (Fsp3) is 0.400. The van der Waals surface area contributed by atoms with Crippen LogP contribution in [0.25, 0.3) is 10.8 Å². The lowest BCUT2D eigenvalue weighted by Gasteiger charge is -2.13. The molecule has 0 bridgehead atoms. The number of rotatable bonds is 4. The summed E-state index contributed by atoms with van der Waals surface area (Å²) in [4.78, 5) is 15.0. The van der Waals surface area contributed by atoms with Gasteiger partial charge in [0.05, 0.1) is 15.7 Å². The van der Waals surface area contributed by atoms with Crippen molar-refractivity contribution in [3.8, 4) is 5.88 Å². The van der Waals surface area contributed by atoms with Crippen molar-refractivity contribution >= 4 is 16.5 Å². The van der Waals surface area contributed by atoms with Crippen LogP contribution in [0.3, 0.4) is 0 Å². The van der Waals surface area contributed by atoms with Gasteiger partial charge in [0.15, 0.2) is 0 Å². The molecule has 1 fully saturated rings. The van der Waals surface area contributed by atoms with Gasteiger partial charge >= 0.3 is 0 Å². The molecule has 1 aromatic heterocycles. The van der Waals surface area contributed by atoms with Gasteiger partial charge in [-0.1, -0.05) is 6.07 Å². The maximum atomic E-state index is 11.1. The summed E-state index contributed by atoms with van der Waals surface area (Å²) in [6.45, 7) is 3.46. The number of benzene rings is 1. The van der Waals surface area contributed by atoms with E-state index in [9.17, 15) is 10.1 Å². The quantitative estimate of drug-likeness (QED) is 0.690. The van der Waals surface area contributed by atoms with Crippen LogP contribution in [0, 0.1) is 17.0 Å². The van der Waals surface area contributed by atoms with Crippen LogP contribution in [-0.4, -0.2) is 29.1 Å². The molecule has 2 aromatic rings. The van der Waals surface area contributed by atoms with E-state index >= 15 is 0 Å². The maximum absolute atomic E-state index is 11.1. The van der Waals surface area contributed by atoms with Gasteiger partial charge in [0.2, 0.25) is 5.88 Å². The molecule has 1 atom stereocenters. The SMILES string of the molecule is Cc1ccc([N+](=O)[O-])c2ccnc(OCC3CCCN3)c12. The highest BCUT2D eigenvalue weighted by atomic mass is 16.6. The number of fused-ring (bicyclic) bond motifs is 1. The van der Waals surface area contributed by atoms with Gasteiger partial charge in [-0.25, -0.2) is 4.98 Å². The normalized spacial score (nSPS) is 18.0. The summed E-state index contributed by atoms with van der Waals surface area (Å²) in [6, 6.07) is 5.27. The van der Waals surface area contributed by atoms with Gasteiger partial charge in [-0.2, -0.15) is 0 Å². The molecule has 6 nitrogen and oxygen atoms in total. The van der Waals surface area contributed by atoms with Crippen molar-refractivity contribution < 1.29 is 9.66 Å². The number of nitro benzene ring substituents is 1. The molecule has 6 heteroatoms. The van der Waals surface area contributed by atoms with Gasteiger partial charge in [-0.3, -0.25) is 10.1 Å². The van der Waals surface area contributed by atoms with Crippen LogP contribution in [-0.2, 0) is 0 Å². The Labute approximate surface area is 122 Å². The lowest BCUT2D eigenvalue weighted by atomic mass is 10.1. The van der Waals surface area contributed by atoms with Crippen molar-refractivity contribution in [3.63, 3.8) is 0 Å². The minimum atomic E-state index is -0.371. The lowest BCUT2D eigenvalue weighted by Crippen LogP contribution is -2.28. The zero-order valence-corrected chi connectivity index (χ0v) is 11.8. The molecular weight excluding hydrogens is 270 g/mol. The van der Waals surface area contributed by atoms with E-state index in [0.29, 0.717) is 23.9 Å². The third-order valence-corrected chi connectivity index (χ3v) is 3.86. The van der Waals surface area contributed by atoms with Gasteiger partial charge in [0.25, 0.3) is 5.69 Å². The predicted molar refractivity (Wildman–Crippen MR) is 79.7 cm³/mol. The van der Waals surface area contributed by atoms with Crippen molar-refractivity contribution in [2.45, 2.75) is 25.8 Å². The molecule has 21 heavy (non-hydrogen) atoms. The Morgan fingerprint density at radius 1 is 1.48 bits per heavy atom. The van der Waals surface area contributed by atoms with E-state index < -0.39 is 0 Å². The first-order valence-electron chi connectivity index (χ1n) is 7.05. The van der Waals surface area contributed by atoms with Crippen LogP contribution in [0.15, 0.2) is 24.4 Å².